The summed E-state index contributed by atoms with van der Waals surface area (Å²) in [6.07, 6.45) is 1.54. The topological polar surface area (TPSA) is 257 Å². The first-order chi connectivity index (χ1) is 27.4. The summed E-state index contributed by atoms with van der Waals surface area (Å²) in [5.41, 5.74) is 8.90. The van der Waals surface area contributed by atoms with E-state index in [9.17, 15) is 39.0 Å². The van der Waals surface area contributed by atoms with Gasteiger partial charge in [-0.1, -0.05) is 54.6 Å². The molecule has 2 heterocycles. The number of benzene rings is 4. The Morgan fingerprint density at radius 3 is 1.79 bits per heavy atom. The summed E-state index contributed by atoms with van der Waals surface area (Å²) >= 11 is 0. The minimum absolute atomic E-state index is 0.00384. The number of fused-ring (bicyclic) bond motifs is 1. The summed E-state index contributed by atoms with van der Waals surface area (Å²) < 4.78 is 0. The number of rotatable bonds is 9. The number of aromatic amines is 1. The number of aromatic nitrogens is 1. The zero-order valence-electron chi connectivity index (χ0n) is 30.6. The summed E-state index contributed by atoms with van der Waals surface area (Å²) in [6, 6.07) is 20.2. The Morgan fingerprint density at radius 2 is 1.16 bits per heavy atom. The van der Waals surface area contributed by atoms with Crippen LogP contribution in [0.5, 0.6) is 11.5 Å². The molecule has 294 valence electrons. The Morgan fingerprint density at radius 1 is 0.632 bits per heavy atom. The Kier molecular flexibility index (Phi) is 12.3. The van der Waals surface area contributed by atoms with Crippen molar-refractivity contribution in [1.29, 1.82) is 0 Å². The summed E-state index contributed by atoms with van der Waals surface area (Å²) in [7, 11) is 0. The number of anilines is 1. The van der Waals surface area contributed by atoms with E-state index in [1.807, 2.05) is 24.3 Å². The lowest BCUT2D eigenvalue weighted by molar-refractivity contribution is -0.133. The van der Waals surface area contributed by atoms with Gasteiger partial charge in [0.25, 0.3) is 5.91 Å². The number of carbonyl (C=O) groups is 6. The minimum atomic E-state index is -1.49. The second kappa shape index (κ2) is 17.9. The molecule has 0 bridgehead atoms. The molecule has 1 saturated heterocycles. The lowest BCUT2D eigenvalue weighted by atomic mass is 10.0. The molecule has 11 N–H and O–H groups in total. The zero-order valence-corrected chi connectivity index (χ0v) is 30.6. The zero-order chi connectivity index (χ0) is 40.5. The van der Waals surface area contributed by atoms with Crippen LogP contribution >= 0.6 is 0 Å². The molecule has 4 aromatic carbocycles. The Bertz CT molecular complexity index is 2270. The second-order valence-corrected chi connectivity index (χ2v) is 13.6. The molecule has 0 spiro atoms. The highest BCUT2D eigenvalue weighted by Gasteiger charge is 2.33. The van der Waals surface area contributed by atoms with E-state index in [0.29, 0.717) is 16.7 Å². The molecule has 4 atom stereocenters. The van der Waals surface area contributed by atoms with Gasteiger partial charge in [-0.3, -0.25) is 28.8 Å². The number of aromatic hydroxyl groups is 2. The highest BCUT2D eigenvalue weighted by atomic mass is 16.3. The summed E-state index contributed by atoms with van der Waals surface area (Å²) in [6.45, 7) is -1.02. The van der Waals surface area contributed by atoms with Gasteiger partial charge in [-0.05, 0) is 59.2 Å². The van der Waals surface area contributed by atoms with Crippen molar-refractivity contribution in [3.05, 3.63) is 126 Å². The first-order valence-corrected chi connectivity index (χ1v) is 18.1. The number of para-hydroxylation sites is 2. The maximum absolute atomic E-state index is 14.2. The van der Waals surface area contributed by atoms with Gasteiger partial charge in [-0.2, -0.15) is 0 Å². The van der Waals surface area contributed by atoms with Crippen molar-refractivity contribution < 1.29 is 39.0 Å². The Labute approximate surface area is 326 Å². The van der Waals surface area contributed by atoms with Crippen molar-refractivity contribution in [2.24, 2.45) is 0 Å². The number of hydrogen-bond donors (Lipinski definition) is 10. The largest absolute Gasteiger partial charge is 0.508 e. The molecule has 6 amide bonds. The lowest BCUT2D eigenvalue weighted by Crippen LogP contribution is -2.60. The minimum Gasteiger partial charge on any atom is -0.508 e. The molecule has 16 nitrogen and oxygen atoms in total. The van der Waals surface area contributed by atoms with E-state index in [1.54, 1.807) is 42.6 Å². The molecular weight excluding hydrogens is 732 g/mol. The van der Waals surface area contributed by atoms with Crippen molar-refractivity contribution in [2.75, 3.05) is 18.8 Å². The third-order valence-electron chi connectivity index (χ3n) is 9.50. The normalized spacial score (nSPS) is 19.5. The maximum atomic E-state index is 14.2. The molecular formula is C41H42N8O8. The first kappa shape index (κ1) is 39.3. The van der Waals surface area contributed by atoms with E-state index in [1.165, 1.54) is 36.4 Å². The quantitative estimate of drug-likeness (QED) is 0.0945. The highest BCUT2D eigenvalue weighted by molar-refractivity contribution is 6.00. The van der Waals surface area contributed by atoms with Gasteiger partial charge in [0.2, 0.25) is 29.5 Å². The van der Waals surface area contributed by atoms with Crippen LogP contribution in [0.25, 0.3) is 10.9 Å². The maximum Gasteiger partial charge on any atom is 0.253 e. The molecule has 0 aliphatic carbocycles. The summed E-state index contributed by atoms with van der Waals surface area (Å²) in [5, 5.41) is 36.4. The number of nitrogen functional groups attached to an aromatic ring is 1. The first-order valence-electron chi connectivity index (χ1n) is 18.1. The number of H-pyrrole nitrogens is 1. The number of phenols is 2. The number of nitrogens with two attached hydrogens (primary N) is 1. The van der Waals surface area contributed by atoms with E-state index >= 15 is 0 Å². The molecule has 0 unspecified atom stereocenters. The van der Waals surface area contributed by atoms with Crippen molar-refractivity contribution in [2.45, 2.75) is 43.4 Å². The van der Waals surface area contributed by atoms with E-state index in [2.05, 4.69) is 36.9 Å². The fourth-order valence-electron chi connectivity index (χ4n) is 6.44. The molecule has 16 heteroatoms. The fourth-order valence-corrected chi connectivity index (χ4v) is 6.44. The van der Waals surface area contributed by atoms with Crippen LogP contribution in [0.2, 0.25) is 0 Å². The molecule has 1 aromatic heterocycles. The Hall–Kier alpha value is -7.36. The van der Waals surface area contributed by atoms with Gasteiger partial charge in [0.1, 0.15) is 35.7 Å². The molecule has 1 aliphatic rings. The van der Waals surface area contributed by atoms with Gasteiger partial charge in [0.15, 0.2) is 0 Å². The monoisotopic (exact) mass is 774 g/mol. The van der Waals surface area contributed by atoms with Crippen LogP contribution in [-0.4, -0.2) is 87.9 Å². The molecule has 0 radical (unpaired) electrons. The van der Waals surface area contributed by atoms with Crippen LogP contribution in [0.4, 0.5) is 5.69 Å². The van der Waals surface area contributed by atoms with Gasteiger partial charge in [0, 0.05) is 48.6 Å². The molecule has 5 aromatic rings. The number of hydrogen-bond acceptors (Lipinski definition) is 9. The van der Waals surface area contributed by atoms with E-state index in [4.69, 9.17) is 5.73 Å². The molecule has 1 fully saturated rings. The standard InChI is InChI=1S/C41H42N8O8/c42-30-7-3-1-6-29(30)37(53)44-21-35-41(57)47-32(17-23-9-13-26(50)14-10-23)38(54)45-22-36(52)46-34(19-25-20-43-31-8-4-2-5-28(25)31)40(56)48-33(39(55)49-35)18-24-11-15-27(51)16-12-24/h1-16,20,32-35,43,50-51H,17-19,21-22,42H2,(H,44,53)(H,45,54)(H,46,52)(H,47,57)(H,48,56)(H,49,55)/t32-,33-,34-,35-/m0/s1. The van der Waals surface area contributed by atoms with Crippen LogP contribution in [-0.2, 0) is 43.2 Å². The average Bonchev–Trinajstić information content (AvgIpc) is 3.61. The van der Waals surface area contributed by atoms with Crippen LogP contribution < -0.4 is 37.6 Å². The molecule has 0 saturated carbocycles. The summed E-state index contributed by atoms with van der Waals surface area (Å²) in [5.74, 6) is -4.56. The SMILES string of the molecule is Nc1ccccc1C(=O)NC[C@@H]1NC(=O)[C@H](Cc2ccc(O)cc2)NC(=O)[C@H](Cc2c[nH]c3ccccc23)NC(=O)CNC(=O)[C@H](Cc2ccc(O)cc2)NC1=O. The van der Waals surface area contributed by atoms with E-state index in [0.717, 1.165) is 10.9 Å². The van der Waals surface area contributed by atoms with Gasteiger partial charge in [-0.25, -0.2) is 0 Å². The lowest BCUT2D eigenvalue weighted by Gasteiger charge is -2.26. The number of carbonyl (C=O) groups excluding carboxylic acids is 6. The molecule has 57 heavy (non-hydrogen) atoms. The third-order valence-corrected chi connectivity index (χ3v) is 9.50. The second-order valence-electron chi connectivity index (χ2n) is 13.6. The Balaban J connectivity index is 1.35. The van der Waals surface area contributed by atoms with Crippen molar-refractivity contribution >= 4 is 52.0 Å². The number of phenolic OH excluding ortho intramolecular Hbond substituents is 2. The predicted octanol–water partition coefficient (Wildman–Crippen LogP) is 0.688. The van der Waals surface area contributed by atoms with Crippen molar-refractivity contribution in [1.82, 2.24) is 36.9 Å². The summed E-state index contributed by atoms with van der Waals surface area (Å²) in [4.78, 5) is 85.9. The van der Waals surface area contributed by atoms with Crippen molar-refractivity contribution in [3.8, 4) is 11.5 Å². The third kappa shape index (κ3) is 10.2. The fraction of sp³-hybridized carbons (Fsp3) is 0.220. The van der Waals surface area contributed by atoms with E-state index in [-0.39, 0.29) is 42.0 Å². The van der Waals surface area contributed by atoms with Gasteiger partial charge < -0.3 is 52.8 Å². The number of amides is 6. The average molecular weight is 775 g/mol. The van der Waals surface area contributed by atoms with Gasteiger partial charge in [0.05, 0.1) is 12.1 Å². The van der Waals surface area contributed by atoms with Crippen LogP contribution in [0.1, 0.15) is 27.0 Å². The molecule has 6 rings (SSSR count). The van der Waals surface area contributed by atoms with Gasteiger partial charge >= 0.3 is 0 Å². The van der Waals surface area contributed by atoms with Crippen molar-refractivity contribution in [3.63, 3.8) is 0 Å². The van der Waals surface area contributed by atoms with Gasteiger partial charge in [-0.15, -0.1) is 0 Å². The number of nitrogens with one attached hydrogen (secondary N) is 7. The smallest absolute Gasteiger partial charge is 0.253 e. The predicted molar refractivity (Wildman–Crippen MR) is 210 cm³/mol. The van der Waals surface area contributed by atoms with E-state index < -0.39 is 72.7 Å². The van der Waals surface area contributed by atoms with Crippen LogP contribution in [0, 0.1) is 0 Å². The van der Waals surface area contributed by atoms with Crippen LogP contribution in [0.3, 0.4) is 0 Å². The molecule has 1 aliphatic heterocycles. The van der Waals surface area contributed by atoms with Crippen LogP contribution in [0.15, 0.2) is 103 Å². The highest BCUT2D eigenvalue weighted by Crippen LogP contribution is 2.20.